The molecule has 0 unspecified atom stereocenters. The molecule has 1 fully saturated rings. The van der Waals surface area contributed by atoms with E-state index >= 15 is 0 Å². The average molecular weight is 286 g/mol. The van der Waals surface area contributed by atoms with Crippen LogP contribution in [0.5, 0.6) is 0 Å². The lowest BCUT2D eigenvalue weighted by Crippen LogP contribution is -2.30. The monoisotopic (exact) mass is 286 g/mol. The molecule has 2 heterocycles. The summed E-state index contributed by atoms with van der Waals surface area (Å²) in [5.41, 5.74) is 2.22. The van der Waals surface area contributed by atoms with E-state index in [9.17, 15) is 4.79 Å². The zero-order valence-corrected chi connectivity index (χ0v) is 11.6. The maximum atomic E-state index is 11.8. The van der Waals surface area contributed by atoms with Gasteiger partial charge in [-0.3, -0.25) is 14.4 Å². The third-order valence-corrected chi connectivity index (χ3v) is 3.64. The lowest BCUT2D eigenvalue weighted by Gasteiger charge is -2.17. The number of hydrogen-bond acceptors (Lipinski definition) is 3. The van der Waals surface area contributed by atoms with Gasteiger partial charge < -0.3 is 5.32 Å². The van der Waals surface area contributed by atoms with Crippen LogP contribution in [0.3, 0.4) is 0 Å². The maximum absolute atomic E-state index is 11.8. The van der Waals surface area contributed by atoms with E-state index < -0.39 is 0 Å². The second-order valence-electron chi connectivity index (χ2n) is 4.61. The number of nitrogens with zero attached hydrogens (tertiary/aromatic N) is 3. The summed E-state index contributed by atoms with van der Waals surface area (Å²) in [5, 5.41) is 7.61. The van der Waals surface area contributed by atoms with E-state index in [-0.39, 0.29) is 5.91 Å². The molecule has 0 spiro atoms. The van der Waals surface area contributed by atoms with Crippen molar-refractivity contribution in [2.45, 2.75) is 13.1 Å². The van der Waals surface area contributed by atoms with Gasteiger partial charge in [-0.25, -0.2) is 0 Å². The Balaban J connectivity index is 1.82. The zero-order valence-electron chi connectivity index (χ0n) is 10.8. The smallest absolute Gasteiger partial charge is 0.248 e. The lowest BCUT2D eigenvalue weighted by molar-refractivity contribution is -0.124. The molecule has 102 valence electrons. The van der Waals surface area contributed by atoms with Crippen LogP contribution in [-0.2, 0) is 17.9 Å². The van der Waals surface area contributed by atoms with Gasteiger partial charge in [-0.2, -0.15) is 5.10 Å². The van der Waals surface area contributed by atoms with Gasteiger partial charge in [0.05, 0.1) is 19.6 Å². The van der Waals surface area contributed by atoms with E-state index in [0.29, 0.717) is 24.7 Å². The van der Waals surface area contributed by atoms with Crippen LogP contribution in [0.2, 0.25) is 0 Å². The second-order valence-corrected chi connectivity index (χ2v) is 5.00. The normalized spacial score (nSPS) is 14.7. The fourth-order valence-electron chi connectivity index (χ4n) is 2.22. The van der Waals surface area contributed by atoms with Crippen LogP contribution < -0.4 is 5.32 Å². The van der Waals surface area contributed by atoms with E-state index in [1.807, 2.05) is 41.2 Å². The van der Waals surface area contributed by atoms with E-state index in [1.54, 1.807) is 11.1 Å². The minimum absolute atomic E-state index is 0.0175. The Morgan fingerprint density at radius 2 is 1.95 bits per heavy atom. The number of aromatic nitrogens is 2. The molecule has 1 aliphatic heterocycles. The van der Waals surface area contributed by atoms with Crippen LogP contribution in [0, 0.1) is 0 Å². The summed E-state index contributed by atoms with van der Waals surface area (Å²) in [5.74, 6) is 0.0175. The molecule has 0 atom stereocenters. The van der Waals surface area contributed by atoms with Crippen molar-refractivity contribution in [3.05, 3.63) is 53.9 Å². The number of nitrogens with one attached hydrogen (secondary N) is 1. The van der Waals surface area contributed by atoms with Gasteiger partial charge in [-0.05, 0) is 29.4 Å². The van der Waals surface area contributed by atoms with Crippen molar-refractivity contribution < 1.29 is 4.79 Å². The Kier molecular flexibility index (Phi) is 3.47. The van der Waals surface area contributed by atoms with Gasteiger partial charge in [-0.1, -0.05) is 24.3 Å². The molecule has 0 bridgehead atoms. The van der Waals surface area contributed by atoms with Crippen LogP contribution in [0.1, 0.15) is 11.1 Å². The van der Waals surface area contributed by atoms with E-state index in [4.69, 9.17) is 12.2 Å². The van der Waals surface area contributed by atoms with Crippen LogP contribution in [-0.4, -0.2) is 32.2 Å². The number of amides is 1. The van der Waals surface area contributed by atoms with Crippen molar-refractivity contribution in [2.75, 3.05) is 6.54 Å². The predicted molar refractivity (Wildman–Crippen MR) is 78.9 cm³/mol. The van der Waals surface area contributed by atoms with Crippen molar-refractivity contribution in [1.29, 1.82) is 0 Å². The highest BCUT2D eigenvalue weighted by atomic mass is 32.1. The highest BCUT2D eigenvalue weighted by molar-refractivity contribution is 7.80. The molecule has 1 aromatic heterocycles. The third kappa shape index (κ3) is 2.55. The molecule has 0 radical (unpaired) electrons. The molecule has 6 heteroatoms. The van der Waals surface area contributed by atoms with Crippen LogP contribution in [0.4, 0.5) is 0 Å². The molecule has 1 saturated heterocycles. The average Bonchev–Trinajstić information content (AvgIpc) is 3.06. The molecule has 0 saturated carbocycles. The maximum Gasteiger partial charge on any atom is 0.248 e. The molecular formula is C14H14N4OS. The van der Waals surface area contributed by atoms with Gasteiger partial charge in [0.25, 0.3) is 0 Å². The van der Waals surface area contributed by atoms with E-state index in [2.05, 4.69) is 10.4 Å². The van der Waals surface area contributed by atoms with Gasteiger partial charge >= 0.3 is 0 Å². The Bertz CT molecular complexity index is 622. The minimum Gasteiger partial charge on any atom is -0.353 e. The van der Waals surface area contributed by atoms with E-state index in [0.717, 1.165) is 11.1 Å². The van der Waals surface area contributed by atoms with Crippen LogP contribution >= 0.6 is 12.2 Å². The number of benzene rings is 1. The molecule has 1 aliphatic rings. The number of rotatable bonds is 4. The van der Waals surface area contributed by atoms with Gasteiger partial charge in [0.15, 0.2) is 5.11 Å². The number of hydrogen-bond donors (Lipinski definition) is 1. The predicted octanol–water partition coefficient (Wildman–Crippen LogP) is 1.15. The van der Waals surface area contributed by atoms with Crippen LogP contribution in [0.15, 0.2) is 42.7 Å². The first-order chi connectivity index (χ1) is 9.74. The van der Waals surface area contributed by atoms with Crippen molar-refractivity contribution >= 4 is 23.2 Å². The highest BCUT2D eigenvalue weighted by Crippen LogP contribution is 2.15. The van der Waals surface area contributed by atoms with Gasteiger partial charge in [0.1, 0.15) is 0 Å². The first kappa shape index (κ1) is 12.8. The van der Waals surface area contributed by atoms with Crippen LogP contribution in [0.25, 0.3) is 0 Å². The molecule has 1 amide bonds. The Labute approximate surface area is 122 Å². The van der Waals surface area contributed by atoms with Gasteiger partial charge in [-0.15, -0.1) is 0 Å². The second kappa shape index (κ2) is 5.42. The SMILES string of the molecule is O=C1CNC(=S)N1Cc1ccccc1Cn1cccn1. The standard InChI is InChI=1S/C14H14N4OS/c19-13-8-15-14(20)18(13)10-12-5-2-1-4-11(12)9-17-7-3-6-16-17/h1-7H,8-10H2,(H,15,20). The Morgan fingerprint density at radius 3 is 2.55 bits per heavy atom. The largest absolute Gasteiger partial charge is 0.353 e. The van der Waals surface area contributed by atoms with Gasteiger partial charge in [0.2, 0.25) is 5.91 Å². The van der Waals surface area contributed by atoms with Crippen molar-refractivity contribution in [3.8, 4) is 0 Å². The Hall–Kier alpha value is -2.21. The van der Waals surface area contributed by atoms with Gasteiger partial charge in [0, 0.05) is 12.4 Å². The lowest BCUT2D eigenvalue weighted by atomic mass is 10.1. The first-order valence-corrected chi connectivity index (χ1v) is 6.77. The van der Waals surface area contributed by atoms with Crippen molar-refractivity contribution in [2.24, 2.45) is 0 Å². The van der Waals surface area contributed by atoms with E-state index in [1.165, 1.54) is 0 Å². The quantitative estimate of drug-likeness (QED) is 0.857. The summed E-state index contributed by atoms with van der Waals surface area (Å²) in [6.07, 6.45) is 3.68. The molecule has 1 aromatic carbocycles. The molecule has 3 rings (SSSR count). The number of thiocarbonyl (C=S) groups is 1. The summed E-state index contributed by atoms with van der Waals surface area (Å²) < 4.78 is 1.86. The van der Waals surface area contributed by atoms with Crippen molar-refractivity contribution in [1.82, 2.24) is 20.0 Å². The number of carbonyl (C=O) groups is 1. The zero-order chi connectivity index (χ0) is 13.9. The summed E-state index contributed by atoms with van der Waals surface area (Å²) in [4.78, 5) is 13.4. The topological polar surface area (TPSA) is 50.2 Å². The molecule has 5 nitrogen and oxygen atoms in total. The van der Waals surface area contributed by atoms with Crippen molar-refractivity contribution in [3.63, 3.8) is 0 Å². The summed E-state index contributed by atoms with van der Waals surface area (Å²) in [7, 11) is 0. The minimum atomic E-state index is 0.0175. The molecule has 20 heavy (non-hydrogen) atoms. The first-order valence-electron chi connectivity index (χ1n) is 6.36. The molecular weight excluding hydrogens is 272 g/mol. The third-order valence-electron chi connectivity index (χ3n) is 3.28. The fourth-order valence-corrected chi connectivity index (χ4v) is 2.46. The summed E-state index contributed by atoms with van der Waals surface area (Å²) in [6.45, 7) is 1.48. The number of carbonyl (C=O) groups excluding carboxylic acids is 1. The highest BCUT2D eigenvalue weighted by Gasteiger charge is 2.25. The summed E-state index contributed by atoms with van der Waals surface area (Å²) >= 11 is 5.15. The fraction of sp³-hybridized carbons (Fsp3) is 0.214. The molecule has 1 N–H and O–H groups in total. The molecule has 0 aliphatic carbocycles. The molecule has 2 aromatic rings. The summed E-state index contributed by atoms with van der Waals surface area (Å²) in [6, 6.07) is 9.93. The Morgan fingerprint density at radius 1 is 1.20 bits per heavy atom.